The highest BCUT2D eigenvalue weighted by molar-refractivity contribution is 7.98. The van der Waals surface area contributed by atoms with Crippen LogP contribution < -0.4 is 10.0 Å². The van der Waals surface area contributed by atoms with Gasteiger partial charge in [-0.3, -0.25) is 14.3 Å². The Morgan fingerprint density at radius 1 is 1.31 bits per heavy atom. The number of rotatable bonds is 4. The number of carbonyl (C=O) groups excluding carboxylic acids is 2. The second-order valence-corrected chi connectivity index (χ2v) is 3.86. The fourth-order valence-electron chi connectivity index (χ4n) is 0.930. The highest BCUT2D eigenvalue weighted by Gasteiger charge is 1.98. The van der Waals surface area contributed by atoms with Crippen molar-refractivity contribution in [3.05, 3.63) is 36.9 Å². The molecule has 0 aromatic heterocycles. The number of hydrogen-bond donors (Lipinski definition) is 2. The van der Waals surface area contributed by atoms with Gasteiger partial charge in [-0.1, -0.05) is 6.58 Å². The Bertz CT molecular complexity index is 401. The van der Waals surface area contributed by atoms with E-state index in [1.807, 2.05) is 0 Å². The lowest BCUT2D eigenvalue weighted by Crippen LogP contribution is -2.10. The van der Waals surface area contributed by atoms with Crippen LogP contribution >= 0.6 is 11.9 Å². The van der Waals surface area contributed by atoms with Crippen LogP contribution in [-0.2, 0) is 9.59 Å². The molecule has 1 rings (SSSR count). The summed E-state index contributed by atoms with van der Waals surface area (Å²) in [6.07, 6.45) is 1.21. The third-order valence-electron chi connectivity index (χ3n) is 1.62. The molecule has 0 atom stereocenters. The molecule has 2 N–H and O–H groups in total. The summed E-state index contributed by atoms with van der Waals surface area (Å²) >= 11 is 1.23. The topological polar surface area (TPSA) is 58.2 Å². The smallest absolute Gasteiger partial charge is 0.247 e. The largest absolute Gasteiger partial charge is 0.323 e. The molecule has 1 aromatic rings. The molecule has 0 saturated heterocycles. The molecule has 0 fully saturated rings. The first-order chi connectivity index (χ1) is 7.61. The van der Waals surface area contributed by atoms with Gasteiger partial charge in [-0.05, 0) is 42.3 Å². The van der Waals surface area contributed by atoms with Gasteiger partial charge in [-0.15, -0.1) is 0 Å². The maximum atomic E-state index is 11.0. The Hall–Kier alpha value is -1.75. The Balaban J connectivity index is 2.57. The van der Waals surface area contributed by atoms with Crippen molar-refractivity contribution in [2.75, 3.05) is 5.32 Å². The molecule has 0 aliphatic heterocycles. The number of amides is 2. The van der Waals surface area contributed by atoms with Crippen LogP contribution in [-0.4, -0.2) is 11.8 Å². The maximum Gasteiger partial charge on any atom is 0.247 e. The lowest BCUT2D eigenvalue weighted by molar-refractivity contribution is -0.117. The van der Waals surface area contributed by atoms with Gasteiger partial charge in [0.2, 0.25) is 11.8 Å². The summed E-state index contributed by atoms with van der Waals surface area (Å²) < 4.78 is 2.61. The van der Waals surface area contributed by atoms with E-state index in [0.29, 0.717) is 5.69 Å². The van der Waals surface area contributed by atoms with Crippen molar-refractivity contribution in [1.29, 1.82) is 0 Å². The summed E-state index contributed by atoms with van der Waals surface area (Å²) in [5, 5.41) is 2.63. The molecule has 2 amide bonds. The monoisotopic (exact) mass is 236 g/mol. The van der Waals surface area contributed by atoms with E-state index >= 15 is 0 Å². The van der Waals surface area contributed by atoms with Crippen LogP contribution in [0.2, 0.25) is 0 Å². The van der Waals surface area contributed by atoms with E-state index < -0.39 is 0 Å². The molecule has 0 heterocycles. The lowest BCUT2D eigenvalue weighted by Gasteiger charge is -2.04. The zero-order valence-corrected chi connectivity index (χ0v) is 9.64. The fraction of sp³-hybridized carbons (Fsp3) is 0.0909. The molecule has 0 unspecified atom stereocenters. The average molecular weight is 236 g/mol. The van der Waals surface area contributed by atoms with Crippen LogP contribution in [0.15, 0.2) is 41.8 Å². The Morgan fingerprint density at radius 2 is 1.94 bits per heavy atom. The third kappa shape index (κ3) is 4.18. The number of hydrogen-bond acceptors (Lipinski definition) is 3. The van der Waals surface area contributed by atoms with Gasteiger partial charge in [0.15, 0.2) is 0 Å². The lowest BCUT2D eigenvalue weighted by atomic mass is 10.3. The Labute approximate surface area is 98.2 Å². The van der Waals surface area contributed by atoms with Crippen molar-refractivity contribution in [3.63, 3.8) is 0 Å². The molecule has 0 saturated carbocycles. The van der Waals surface area contributed by atoms with Crippen LogP contribution in [0.25, 0.3) is 0 Å². The maximum absolute atomic E-state index is 11.0. The van der Waals surface area contributed by atoms with Gasteiger partial charge in [0, 0.05) is 17.5 Å². The average Bonchev–Trinajstić information content (AvgIpc) is 2.28. The van der Waals surface area contributed by atoms with E-state index in [0.717, 1.165) is 4.90 Å². The fourth-order valence-corrected chi connectivity index (χ4v) is 1.46. The molecule has 4 nitrogen and oxygen atoms in total. The minimum Gasteiger partial charge on any atom is -0.323 e. The van der Waals surface area contributed by atoms with Gasteiger partial charge in [-0.2, -0.15) is 0 Å². The van der Waals surface area contributed by atoms with Gasteiger partial charge < -0.3 is 5.32 Å². The number of anilines is 1. The van der Waals surface area contributed by atoms with E-state index in [9.17, 15) is 9.59 Å². The van der Waals surface area contributed by atoms with E-state index in [2.05, 4.69) is 16.6 Å². The van der Waals surface area contributed by atoms with Crippen molar-refractivity contribution in [3.8, 4) is 0 Å². The van der Waals surface area contributed by atoms with Crippen LogP contribution in [0.4, 0.5) is 5.69 Å². The normalized spacial score (nSPS) is 9.31. The van der Waals surface area contributed by atoms with Crippen molar-refractivity contribution in [2.24, 2.45) is 0 Å². The summed E-state index contributed by atoms with van der Waals surface area (Å²) in [5.74, 6) is -0.351. The van der Waals surface area contributed by atoms with E-state index in [1.54, 1.807) is 24.3 Å². The standard InChI is InChI=1S/C11H12N2O2S/c1-3-11(15)12-9-4-6-10(7-5-9)16-13-8(2)14/h3-7H,1H2,2H3,(H,12,15)(H,13,14). The van der Waals surface area contributed by atoms with Gasteiger partial charge in [0.05, 0.1) is 0 Å². The first kappa shape index (κ1) is 12.3. The SMILES string of the molecule is C=CC(=O)Nc1ccc(SNC(C)=O)cc1. The third-order valence-corrected chi connectivity index (χ3v) is 2.52. The van der Waals surface area contributed by atoms with Crippen LogP contribution in [0, 0.1) is 0 Å². The summed E-state index contributed by atoms with van der Waals surface area (Å²) in [7, 11) is 0. The second-order valence-electron chi connectivity index (χ2n) is 2.98. The summed E-state index contributed by atoms with van der Waals surface area (Å²) in [5.41, 5.74) is 0.692. The number of nitrogens with one attached hydrogen (secondary N) is 2. The molecular weight excluding hydrogens is 224 g/mol. The first-order valence-corrected chi connectivity index (χ1v) is 5.40. The van der Waals surface area contributed by atoms with Gasteiger partial charge in [0.25, 0.3) is 0 Å². The molecule has 0 spiro atoms. The Morgan fingerprint density at radius 3 is 2.44 bits per heavy atom. The second kappa shape index (κ2) is 5.97. The molecule has 0 aliphatic rings. The summed E-state index contributed by atoms with van der Waals surface area (Å²) in [4.78, 5) is 22.6. The number of carbonyl (C=O) groups is 2. The van der Waals surface area contributed by atoms with Crippen LogP contribution in [0.3, 0.4) is 0 Å². The first-order valence-electron chi connectivity index (χ1n) is 4.58. The summed E-state index contributed by atoms with van der Waals surface area (Å²) in [6.45, 7) is 4.81. The predicted octanol–water partition coefficient (Wildman–Crippen LogP) is 1.95. The molecule has 5 heteroatoms. The summed E-state index contributed by atoms with van der Waals surface area (Å²) in [6, 6.07) is 7.12. The molecule has 1 aromatic carbocycles. The molecule has 84 valence electrons. The minimum atomic E-state index is -0.248. The van der Waals surface area contributed by atoms with Gasteiger partial charge in [0.1, 0.15) is 0 Å². The van der Waals surface area contributed by atoms with Crippen molar-refractivity contribution in [2.45, 2.75) is 11.8 Å². The Kier molecular flexibility index (Phi) is 4.60. The van der Waals surface area contributed by atoms with Crippen molar-refractivity contribution in [1.82, 2.24) is 4.72 Å². The van der Waals surface area contributed by atoms with Crippen molar-refractivity contribution >= 4 is 29.4 Å². The molecule has 0 radical (unpaired) electrons. The molecule has 0 aliphatic carbocycles. The molecule has 0 bridgehead atoms. The zero-order valence-electron chi connectivity index (χ0n) is 8.82. The molecular formula is C11H12N2O2S. The van der Waals surface area contributed by atoms with Crippen LogP contribution in [0.5, 0.6) is 0 Å². The van der Waals surface area contributed by atoms with Gasteiger partial charge in [-0.25, -0.2) is 0 Å². The minimum absolute atomic E-state index is 0.103. The van der Waals surface area contributed by atoms with E-state index in [-0.39, 0.29) is 11.8 Å². The quantitative estimate of drug-likeness (QED) is 0.620. The highest BCUT2D eigenvalue weighted by Crippen LogP contribution is 2.17. The van der Waals surface area contributed by atoms with E-state index in [1.165, 1.54) is 24.9 Å². The predicted molar refractivity (Wildman–Crippen MR) is 64.9 cm³/mol. The van der Waals surface area contributed by atoms with Crippen molar-refractivity contribution < 1.29 is 9.59 Å². The van der Waals surface area contributed by atoms with E-state index in [4.69, 9.17) is 0 Å². The molecule has 16 heavy (non-hydrogen) atoms. The zero-order chi connectivity index (χ0) is 12.0. The highest BCUT2D eigenvalue weighted by atomic mass is 32.2. The number of benzene rings is 1. The van der Waals surface area contributed by atoms with Crippen LogP contribution in [0.1, 0.15) is 6.92 Å². The van der Waals surface area contributed by atoms with Gasteiger partial charge >= 0.3 is 0 Å².